The number of sulfonamides is 1. The normalized spacial score (nSPS) is 18.8. The largest absolute Gasteiger partial charge is 0.399 e. The van der Waals surface area contributed by atoms with Crippen LogP contribution in [0, 0.1) is 16.0 Å². The van der Waals surface area contributed by atoms with Crippen molar-refractivity contribution in [3.8, 4) is 0 Å². The summed E-state index contributed by atoms with van der Waals surface area (Å²) in [7, 11) is -3.96. The number of nitro groups is 1. The van der Waals surface area contributed by atoms with E-state index < -0.39 is 25.5 Å². The van der Waals surface area contributed by atoms with Crippen LogP contribution in [0.3, 0.4) is 0 Å². The average molecular weight is 315 g/mol. The molecule has 9 heteroatoms. The van der Waals surface area contributed by atoms with Gasteiger partial charge in [0.1, 0.15) is 0 Å². The molecule has 1 aromatic rings. The number of nitrogens with two attached hydrogens (primary N) is 1. The van der Waals surface area contributed by atoms with Crippen LogP contribution in [0.15, 0.2) is 23.1 Å². The third-order valence-corrected chi connectivity index (χ3v) is 4.83. The number of hydrogen-bond acceptors (Lipinski definition) is 6. The highest BCUT2D eigenvalue weighted by Crippen LogP contribution is 2.26. The Kier molecular flexibility index (Phi) is 4.76. The average Bonchev–Trinajstić information content (AvgIpc) is 2.91. The van der Waals surface area contributed by atoms with Gasteiger partial charge in [-0.3, -0.25) is 10.1 Å². The van der Waals surface area contributed by atoms with Crippen LogP contribution >= 0.6 is 0 Å². The van der Waals surface area contributed by atoms with Gasteiger partial charge in [-0.25, -0.2) is 13.1 Å². The quantitative estimate of drug-likeness (QED) is 0.456. The molecule has 0 spiro atoms. The predicted molar refractivity (Wildman–Crippen MR) is 76.2 cm³/mol. The van der Waals surface area contributed by atoms with Crippen molar-refractivity contribution >= 4 is 21.4 Å². The second-order valence-electron chi connectivity index (χ2n) is 4.90. The number of hydrogen-bond donors (Lipinski definition) is 2. The molecule has 0 aliphatic carbocycles. The van der Waals surface area contributed by atoms with Gasteiger partial charge in [-0.05, 0) is 30.9 Å². The number of ether oxygens (including phenoxy) is 1. The van der Waals surface area contributed by atoms with Crippen molar-refractivity contribution in [2.24, 2.45) is 5.92 Å². The molecule has 0 bridgehead atoms. The van der Waals surface area contributed by atoms with Crippen LogP contribution in [0.2, 0.25) is 0 Å². The Balaban J connectivity index is 2.11. The molecule has 1 fully saturated rings. The van der Waals surface area contributed by atoms with Crippen LogP contribution in [0.5, 0.6) is 0 Å². The molecule has 0 radical (unpaired) electrons. The zero-order valence-corrected chi connectivity index (χ0v) is 12.1. The van der Waals surface area contributed by atoms with Crippen molar-refractivity contribution in [1.29, 1.82) is 0 Å². The highest BCUT2D eigenvalue weighted by molar-refractivity contribution is 7.89. The Hall–Kier alpha value is -1.71. The van der Waals surface area contributed by atoms with Gasteiger partial charge in [-0.15, -0.1) is 0 Å². The molecular weight excluding hydrogens is 298 g/mol. The monoisotopic (exact) mass is 315 g/mol. The summed E-state index contributed by atoms with van der Waals surface area (Å²) in [5.74, 6) is 0.323. The highest BCUT2D eigenvalue weighted by atomic mass is 32.2. The number of nitrogen functional groups attached to an aromatic ring is 1. The maximum atomic E-state index is 12.2. The van der Waals surface area contributed by atoms with Gasteiger partial charge >= 0.3 is 0 Å². The fraction of sp³-hybridized carbons (Fsp3) is 0.500. The van der Waals surface area contributed by atoms with Gasteiger partial charge in [0.25, 0.3) is 5.69 Å². The van der Waals surface area contributed by atoms with Gasteiger partial charge in [-0.1, -0.05) is 0 Å². The molecule has 116 valence electrons. The number of rotatable bonds is 6. The van der Waals surface area contributed by atoms with E-state index in [4.69, 9.17) is 10.5 Å². The summed E-state index contributed by atoms with van der Waals surface area (Å²) in [5, 5.41) is 10.9. The first kappa shape index (κ1) is 15.7. The van der Waals surface area contributed by atoms with E-state index in [1.54, 1.807) is 0 Å². The Morgan fingerprint density at radius 3 is 2.86 bits per heavy atom. The summed E-state index contributed by atoms with van der Waals surface area (Å²) >= 11 is 0. The van der Waals surface area contributed by atoms with Gasteiger partial charge in [0, 0.05) is 31.5 Å². The minimum Gasteiger partial charge on any atom is -0.399 e. The third-order valence-electron chi connectivity index (χ3n) is 3.34. The first-order valence-electron chi connectivity index (χ1n) is 6.51. The molecule has 1 unspecified atom stereocenters. The van der Waals surface area contributed by atoms with Crippen molar-refractivity contribution in [1.82, 2.24) is 4.72 Å². The molecule has 1 atom stereocenters. The Morgan fingerprint density at radius 2 is 2.24 bits per heavy atom. The number of nitro benzene ring substituents is 1. The second-order valence-corrected chi connectivity index (χ2v) is 6.64. The third kappa shape index (κ3) is 3.90. The maximum Gasteiger partial charge on any atom is 0.289 e. The van der Waals surface area contributed by atoms with Gasteiger partial charge in [0.05, 0.1) is 4.92 Å². The molecular formula is C12H17N3O5S. The summed E-state index contributed by atoms with van der Waals surface area (Å²) in [6, 6.07) is 3.49. The fourth-order valence-electron chi connectivity index (χ4n) is 2.18. The molecule has 3 N–H and O–H groups in total. The Morgan fingerprint density at radius 1 is 1.48 bits per heavy atom. The zero-order chi connectivity index (χ0) is 15.5. The minimum absolute atomic E-state index is 0.158. The lowest BCUT2D eigenvalue weighted by molar-refractivity contribution is -0.387. The lowest BCUT2D eigenvalue weighted by atomic mass is 10.1. The van der Waals surface area contributed by atoms with E-state index in [9.17, 15) is 18.5 Å². The smallest absolute Gasteiger partial charge is 0.289 e. The second kappa shape index (κ2) is 6.37. The molecule has 2 rings (SSSR count). The molecule has 21 heavy (non-hydrogen) atoms. The van der Waals surface area contributed by atoms with Crippen LogP contribution in [-0.2, 0) is 14.8 Å². The van der Waals surface area contributed by atoms with Crippen LogP contribution in [0.1, 0.15) is 12.8 Å². The number of nitrogens with one attached hydrogen (secondary N) is 1. The summed E-state index contributed by atoms with van der Waals surface area (Å²) < 4.78 is 32.0. The standard InChI is InChI=1S/C12H17N3O5S/c13-10-1-2-11(15(16)17)12(7-10)21(18,19)14-5-3-9-4-6-20-8-9/h1-2,7,9,14H,3-6,8,13H2. The van der Waals surface area contributed by atoms with Gasteiger partial charge in [0.15, 0.2) is 4.90 Å². The summed E-state index contributed by atoms with van der Waals surface area (Å²) in [4.78, 5) is 9.77. The Bertz CT molecular complexity index is 626. The number of nitrogens with zero attached hydrogens (tertiary/aromatic N) is 1. The molecule has 8 nitrogen and oxygen atoms in total. The van der Waals surface area contributed by atoms with E-state index in [1.165, 1.54) is 6.07 Å². The van der Waals surface area contributed by atoms with E-state index in [1.807, 2.05) is 0 Å². The number of benzene rings is 1. The van der Waals surface area contributed by atoms with Gasteiger partial charge in [0.2, 0.25) is 10.0 Å². The molecule has 0 saturated carbocycles. The molecule has 1 saturated heterocycles. The molecule has 0 amide bonds. The first-order valence-corrected chi connectivity index (χ1v) is 8.00. The maximum absolute atomic E-state index is 12.2. The van der Waals surface area contributed by atoms with E-state index in [-0.39, 0.29) is 12.2 Å². The zero-order valence-electron chi connectivity index (χ0n) is 11.3. The first-order chi connectivity index (χ1) is 9.90. The molecule has 1 aliphatic heterocycles. The summed E-state index contributed by atoms with van der Waals surface area (Å²) in [6.07, 6.45) is 1.54. The highest BCUT2D eigenvalue weighted by Gasteiger charge is 2.26. The van der Waals surface area contributed by atoms with Crippen LogP contribution < -0.4 is 10.5 Å². The van der Waals surface area contributed by atoms with Crippen LogP contribution in [-0.4, -0.2) is 33.1 Å². The molecule has 1 aliphatic rings. The van der Waals surface area contributed by atoms with Gasteiger partial charge < -0.3 is 10.5 Å². The topological polar surface area (TPSA) is 125 Å². The van der Waals surface area contributed by atoms with Crippen molar-refractivity contribution in [2.45, 2.75) is 17.7 Å². The molecule has 1 heterocycles. The van der Waals surface area contributed by atoms with E-state index in [0.29, 0.717) is 25.6 Å². The lowest BCUT2D eigenvalue weighted by Crippen LogP contribution is -2.27. The van der Waals surface area contributed by atoms with Crippen molar-refractivity contribution in [3.05, 3.63) is 28.3 Å². The van der Waals surface area contributed by atoms with Crippen LogP contribution in [0.4, 0.5) is 11.4 Å². The molecule has 1 aromatic carbocycles. The minimum atomic E-state index is -3.96. The molecule has 0 aromatic heterocycles. The summed E-state index contributed by atoms with van der Waals surface area (Å²) in [5.41, 5.74) is 5.19. The fourth-order valence-corrected chi connectivity index (χ4v) is 3.43. The Labute approximate surface area is 122 Å². The van der Waals surface area contributed by atoms with E-state index in [2.05, 4.69) is 4.72 Å². The number of anilines is 1. The van der Waals surface area contributed by atoms with Crippen LogP contribution in [0.25, 0.3) is 0 Å². The summed E-state index contributed by atoms with van der Waals surface area (Å²) in [6.45, 7) is 1.53. The lowest BCUT2D eigenvalue weighted by Gasteiger charge is -2.10. The SMILES string of the molecule is Nc1ccc([N+](=O)[O-])c(S(=O)(=O)NCCC2CCOC2)c1. The van der Waals surface area contributed by atoms with E-state index >= 15 is 0 Å². The van der Waals surface area contributed by atoms with Crippen molar-refractivity contribution < 1.29 is 18.1 Å². The van der Waals surface area contributed by atoms with Gasteiger partial charge in [-0.2, -0.15) is 0 Å². The van der Waals surface area contributed by atoms with E-state index in [0.717, 1.165) is 18.6 Å². The predicted octanol–water partition coefficient (Wildman–Crippen LogP) is 0.882. The van der Waals surface area contributed by atoms with Crippen molar-refractivity contribution in [2.75, 3.05) is 25.5 Å². The van der Waals surface area contributed by atoms with Crippen molar-refractivity contribution in [3.63, 3.8) is 0 Å².